The fraction of sp³-hybridized carbons (Fsp3) is 0.0833. The van der Waals surface area contributed by atoms with E-state index < -0.39 is 0 Å². The summed E-state index contributed by atoms with van der Waals surface area (Å²) in [5.74, 6) is -0.0230. The molecule has 2 heterocycles. The van der Waals surface area contributed by atoms with Gasteiger partial charge in [0.05, 0.1) is 22.9 Å². The van der Waals surface area contributed by atoms with Crippen LogP contribution in [0.4, 0.5) is 17.1 Å². The summed E-state index contributed by atoms with van der Waals surface area (Å²) in [6.45, 7) is 0.471. The van der Waals surface area contributed by atoms with Gasteiger partial charge in [-0.15, -0.1) is 0 Å². The summed E-state index contributed by atoms with van der Waals surface area (Å²) < 4.78 is 0. The molecular weight excluding hydrogens is 424 g/mol. The molecule has 0 aliphatic carbocycles. The molecule has 0 atom stereocenters. The molecular formula is C24H20N4OS2. The Kier molecular flexibility index (Phi) is 5.21. The molecule has 0 aromatic heterocycles. The minimum Gasteiger partial charge on any atom is -0.399 e. The molecule has 0 unspecified atom stereocenters. The zero-order chi connectivity index (χ0) is 21.4. The molecule has 3 aromatic carbocycles. The monoisotopic (exact) mass is 444 g/mol. The van der Waals surface area contributed by atoms with E-state index in [2.05, 4.69) is 17.0 Å². The summed E-state index contributed by atoms with van der Waals surface area (Å²) in [7, 11) is 2.01. The first kappa shape index (κ1) is 19.8. The number of carbonyl (C=O) groups excluding carboxylic acids is 1. The van der Waals surface area contributed by atoms with Crippen molar-refractivity contribution in [2.75, 3.05) is 17.7 Å². The maximum absolute atomic E-state index is 13.6. The van der Waals surface area contributed by atoms with Crippen molar-refractivity contribution in [3.8, 4) is 0 Å². The third kappa shape index (κ3) is 3.82. The average Bonchev–Trinajstić information content (AvgIpc) is 3.28. The van der Waals surface area contributed by atoms with Gasteiger partial charge in [-0.25, -0.2) is 4.99 Å². The van der Waals surface area contributed by atoms with E-state index >= 15 is 0 Å². The average molecular weight is 445 g/mol. The van der Waals surface area contributed by atoms with Crippen molar-refractivity contribution in [2.45, 2.75) is 11.4 Å². The van der Waals surface area contributed by atoms with Crippen LogP contribution in [0.2, 0.25) is 0 Å². The van der Waals surface area contributed by atoms with Crippen molar-refractivity contribution in [2.24, 2.45) is 4.99 Å². The zero-order valence-electron chi connectivity index (χ0n) is 16.9. The summed E-state index contributed by atoms with van der Waals surface area (Å²) in [6.07, 6.45) is 0. The number of hydrogen-bond acceptors (Lipinski definition) is 6. The molecule has 1 fully saturated rings. The molecule has 0 radical (unpaired) electrons. The van der Waals surface area contributed by atoms with Crippen LogP contribution in [0.1, 0.15) is 5.56 Å². The second-order valence-corrected chi connectivity index (χ2v) is 9.24. The Labute approximate surface area is 189 Å². The summed E-state index contributed by atoms with van der Waals surface area (Å²) in [6, 6.07) is 25.6. The van der Waals surface area contributed by atoms with Crippen LogP contribution in [0.25, 0.3) is 0 Å². The number of fused-ring (bicyclic) bond motifs is 1. The quantitative estimate of drug-likeness (QED) is 0.430. The highest BCUT2D eigenvalue weighted by Gasteiger charge is 2.39. The van der Waals surface area contributed by atoms with Crippen LogP contribution in [-0.2, 0) is 11.3 Å². The van der Waals surface area contributed by atoms with Gasteiger partial charge in [0.1, 0.15) is 4.91 Å². The van der Waals surface area contributed by atoms with Crippen LogP contribution in [-0.4, -0.2) is 23.0 Å². The van der Waals surface area contributed by atoms with Crippen molar-refractivity contribution < 1.29 is 4.79 Å². The van der Waals surface area contributed by atoms with Gasteiger partial charge in [-0.3, -0.25) is 9.69 Å². The van der Waals surface area contributed by atoms with E-state index in [0.29, 0.717) is 22.3 Å². The Hall–Kier alpha value is -3.16. The fourth-order valence-electron chi connectivity index (χ4n) is 3.48. The van der Waals surface area contributed by atoms with Crippen LogP contribution < -0.4 is 10.6 Å². The number of benzene rings is 3. The largest absolute Gasteiger partial charge is 0.399 e. The van der Waals surface area contributed by atoms with E-state index in [1.54, 1.807) is 16.7 Å². The SMILES string of the molecule is CN1/C(=C2\SC(=Nc3ccc(N)cc3)N(Cc3ccccc3)C2=O)Sc2ccccc21. The molecule has 2 aliphatic heterocycles. The van der Waals surface area contributed by atoms with E-state index in [1.165, 1.54) is 11.8 Å². The summed E-state index contributed by atoms with van der Waals surface area (Å²) in [5.41, 5.74) is 9.44. The van der Waals surface area contributed by atoms with Crippen molar-refractivity contribution >= 4 is 51.7 Å². The van der Waals surface area contributed by atoms with Crippen LogP contribution in [0, 0.1) is 0 Å². The number of amides is 1. The van der Waals surface area contributed by atoms with Gasteiger partial charge in [0, 0.05) is 17.6 Å². The van der Waals surface area contributed by atoms with Crippen molar-refractivity contribution in [1.29, 1.82) is 0 Å². The number of nitrogens with two attached hydrogens (primary N) is 1. The highest BCUT2D eigenvalue weighted by molar-refractivity contribution is 8.19. The van der Waals surface area contributed by atoms with Crippen LogP contribution in [0.3, 0.4) is 0 Å². The topological polar surface area (TPSA) is 61.9 Å². The lowest BCUT2D eigenvalue weighted by Crippen LogP contribution is -2.29. The van der Waals surface area contributed by atoms with E-state index in [9.17, 15) is 4.79 Å². The number of aliphatic imine (C=N–C) groups is 1. The van der Waals surface area contributed by atoms with E-state index in [4.69, 9.17) is 10.7 Å². The van der Waals surface area contributed by atoms with Crippen molar-refractivity contribution in [1.82, 2.24) is 4.90 Å². The second kappa shape index (κ2) is 8.17. The Balaban J connectivity index is 1.55. The third-order valence-electron chi connectivity index (χ3n) is 5.10. The van der Waals surface area contributed by atoms with Gasteiger partial charge in [-0.2, -0.15) is 0 Å². The predicted molar refractivity (Wildman–Crippen MR) is 130 cm³/mol. The lowest BCUT2D eigenvalue weighted by atomic mass is 10.2. The molecule has 5 nitrogen and oxygen atoms in total. The van der Waals surface area contributed by atoms with Gasteiger partial charge in [0.25, 0.3) is 5.91 Å². The van der Waals surface area contributed by atoms with Crippen LogP contribution >= 0.6 is 23.5 Å². The van der Waals surface area contributed by atoms with Crippen molar-refractivity contribution in [3.05, 3.63) is 94.4 Å². The van der Waals surface area contributed by atoms with Gasteiger partial charge in [0.15, 0.2) is 5.17 Å². The number of nitrogen functional groups attached to an aromatic ring is 1. The second-order valence-electron chi connectivity index (χ2n) is 7.23. The number of thioether (sulfide) groups is 2. The number of anilines is 2. The molecule has 0 bridgehead atoms. The Morgan fingerprint density at radius 2 is 1.61 bits per heavy atom. The molecule has 1 saturated heterocycles. The first-order chi connectivity index (χ1) is 15.1. The maximum atomic E-state index is 13.6. The van der Waals surface area contributed by atoms with Gasteiger partial charge < -0.3 is 10.6 Å². The Morgan fingerprint density at radius 1 is 0.903 bits per heavy atom. The number of rotatable bonds is 3. The predicted octanol–water partition coefficient (Wildman–Crippen LogP) is 5.44. The molecule has 0 spiro atoms. The highest BCUT2D eigenvalue weighted by Crippen LogP contribution is 2.50. The molecule has 5 rings (SSSR count). The summed E-state index contributed by atoms with van der Waals surface area (Å²) in [5, 5.41) is 1.61. The number of carbonyl (C=O) groups is 1. The molecule has 2 N–H and O–H groups in total. The lowest BCUT2D eigenvalue weighted by molar-refractivity contribution is -0.122. The number of amidine groups is 1. The van der Waals surface area contributed by atoms with E-state index in [1.807, 2.05) is 73.8 Å². The first-order valence-corrected chi connectivity index (χ1v) is 11.5. The zero-order valence-corrected chi connectivity index (χ0v) is 18.5. The number of nitrogens with zero attached hydrogens (tertiary/aromatic N) is 3. The minimum absolute atomic E-state index is 0.0230. The maximum Gasteiger partial charge on any atom is 0.269 e. The van der Waals surface area contributed by atoms with Crippen LogP contribution in [0.5, 0.6) is 0 Å². The Morgan fingerprint density at radius 3 is 2.35 bits per heavy atom. The van der Waals surface area contributed by atoms with Gasteiger partial charge in [-0.1, -0.05) is 54.2 Å². The molecule has 3 aromatic rings. The van der Waals surface area contributed by atoms with E-state index in [0.717, 1.165) is 26.9 Å². The Bertz CT molecular complexity index is 1210. The van der Waals surface area contributed by atoms with Crippen molar-refractivity contribution in [3.63, 3.8) is 0 Å². The standard InChI is InChI=1S/C24H20N4OS2/c1-27-19-9-5-6-10-20(19)30-23(27)21-22(29)28(15-16-7-3-2-4-8-16)24(31-21)26-18-13-11-17(25)12-14-18/h2-14H,15,25H2,1H3/b23-21+,26-24?. The molecule has 31 heavy (non-hydrogen) atoms. The van der Waals surface area contributed by atoms with Crippen LogP contribution in [0.15, 0.2) is 98.7 Å². The first-order valence-electron chi connectivity index (χ1n) is 9.83. The summed E-state index contributed by atoms with van der Waals surface area (Å²) >= 11 is 3.06. The normalized spacial score (nSPS) is 19.4. The molecule has 0 saturated carbocycles. The fourth-order valence-corrected chi connectivity index (χ4v) is 5.83. The lowest BCUT2D eigenvalue weighted by Gasteiger charge is -2.16. The smallest absolute Gasteiger partial charge is 0.269 e. The molecule has 7 heteroatoms. The number of hydrogen-bond donors (Lipinski definition) is 1. The van der Waals surface area contributed by atoms with Gasteiger partial charge in [0.2, 0.25) is 0 Å². The minimum atomic E-state index is -0.0230. The molecule has 154 valence electrons. The van der Waals surface area contributed by atoms with Gasteiger partial charge >= 0.3 is 0 Å². The molecule has 1 amide bonds. The van der Waals surface area contributed by atoms with E-state index in [-0.39, 0.29) is 5.91 Å². The summed E-state index contributed by atoms with van der Waals surface area (Å²) in [4.78, 5) is 24.1. The number of para-hydroxylation sites is 1. The molecule has 2 aliphatic rings. The highest BCUT2D eigenvalue weighted by atomic mass is 32.2. The van der Waals surface area contributed by atoms with Gasteiger partial charge in [-0.05, 0) is 53.7 Å². The third-order valence-corrected chi connectivity index (χ3v) is 7.53.